The Morgan fingerprint density at radius 3 is 2.60 bits per heavy atom. The molecule has 136 valence electrons. The van der Waals surface area contributed by atoms with Crippen LogP contribution in [0.25, 0.3) is 0 Å². The maximum Gasteiger partial charge on any atom is 0.250 e. The van der Waals surface area contributed by atoms with Crippen molar-refractivity contribution in [1.29, 1.82) is 0 Å². The number of amides is 1. The molecule has 0 unspecified atom stereocenters. The number of halogens is 2. The molecule has 2 aliphatic rings. The number of fused-ring (bicyclic) bond motifs is 1. The molecule has 0 saturated carbocycles. The zero-order valence-corrected chi connectivity index (χ0v) is 16.9. The summed E-state index contributed by atoms with van der Waals surface area (Å²) in [4.78, 5) is 18.3. The van der Waals surface area contributed by atoms with E-state index in [0.717, 1.165) is 0 Å². The highest BCUT2D eigenvalue weighted by Gasteiger charge is 2.50. The Morgan fingerprint density at radius 1 is 1.36 bits per heavy atom. The molecule has 0 N–H and O–H groups in total. The van der Waals surface area contributed by atoms with Gasteiger partial charge in [-0.3, -0.25) is 4.79 Å². The molecule has 1 aromatic carbocycles. The number of anilines is 1. The smallest absolute Gasteiger partial charge is 0.250 e. The summed E-state index contributed by atoms with van der Waals surface area (Å²) in [6, 6.07) is 4.79. The van der Waals surface area contributed by atoms with Gasteiger partial charge in [-0.2, -0.15) is 4.99 Å². The predicted molar refractivity (Wildman–Crippen MR) is 105 cm³/mol. The molecular weight excluding hydrogens is 403 g/mol. The number of carbonyl (C=O) groups excluding carboxylic acids is 1. The van der Waals surface area contributed by atoms with Crippen molar-refractivity contribution in [3.8, 4) is 0 Å². The van der Waals surface area contributed by atoms with E-state index < -0.39 is 9.84 Å². The Kier molecular flexibility index (Phi) is 5.40. The van der Waals surface area contributed by atoms with Gasteiger partial charge in [-0.05, 0) is 18.6 Å². The van der Waals surface area contributed by atoms with Crippen LogP contribution >= 0.6 is 35.0 Å². The van der Waals surface area contributed by atoms with Gasteiger partial charge in [0.25, 0.3) is 5.91 Å². The molecule has 0 spiro atoms. The van der Waals surface area contributed by atoms with E-state index in [0.29, 0.717) is 27.3 Å². The summed E-state index contributed by atoms with van der Waals surface area (Å²) in [7, 11) is -3.13. The molecule has 2 fully saturated rings. The van der Waals surface area contributed by atoms with Gasteiger partial charge in [-0.15, -0.1) is 0 Å². The zero-order valence-electron chi connectivity index (χ0n) is 13.8. The lowest BCUT2D eigenvalue weighted by atomic mass is 10.1. The molecule has 9 heteroatoms. The first-order valence-electron chi connectivity index (χ1n) is 7.96. The van der Waals surface area contributed by atoms with Gasteiger partial charge < -0.3 is 4.90 Å². The number of carbonyl (C=O) groups is 1. The highest BCUT2D eigenvalue weighted by molar-refractivity contribution is 8.16. The van der Waals surface area contributed by atoms with Crippen LogP contribution < -0.4 is 4.90 Å². The fourth-order valence-corrected chi connectivity index (χ4v) is 7.41. The van der Waals surface area contributed by atoms with Crippen molar-refractivity contribution in [2.24, 2.45) is 10.9 Å². The van der Waals surface area contributed by atoms with Crippen molar-refractivity contribution >= 4 is 61.6 Å². The quantitative estimate of drug-likeness (QED) is 0.746. The Balaban J connectivity index is 2.07. The summed E-state index contributed by atoms with van der Waals surface area (Å²) in [6.07, 6.45) is 0.689. The van der Waals surface area contributed by atoms with Gasteiger partial charge in [0.05, 0.1) is 33.3 Å². The van der Waals surface area contributed by atoms with E-state index in [-0.39, 0.29) is 34.6 Å². The highest BCUT2D eigenvalue weighted by Crippen LogP contribution is 2.45. The first-order chi connectivity index (χ1) is 11.7. The lowest BCUT2D eigenvalue weighted by Gasteiger charge is -2.26. The van der Waals surface area contributed by atoms with Gasteiger partial charge >= 0.3 is 0 Å². The van der Waals surface area contributed by atoms with E-state index in [1.54, 1.807) is 23.1 Å². The monoisotopic (exact) mass is 420 g/mol. The van der Waals surface area contributed by atoms with E-state index in [1.807, 2.05) is 13.8 Å². The van der Waals surface area contributed by atoms with Crippen LogP contribution in [0.15, 0.2) is 23.2 Å². The minimum atomic E-state index is -3.13. The SMILES string of the molecule is CC[C@H](C)C(=O)N=C1S[C@H]2CS(=O)(=O)C[C@@H]2N1c1c(Cl)cccc1Cl. The largest absolute Gasteiger partial charge is 0.313 e. The fraction of sp³-hybridized carbons (Fsp3) is 0.500. The van der Waals surface area contributed by atoms with Crippen molar-refractivity contribution in [2.45, 2.75) is 31.6 Å². The lowest BCUT2D eigenvalue weighted by molar-refractivity contribution is -0.121. The van der Waals surface area contributed by atoms with E-state index in [1.165, 1.54) is 11.8 Å². The number of amidine groups is 1. The maximum atomic E-state index is 12.3. The Hall–Kier alpha value is -0.760. The average molecular weight is 421 g/mol. The standard InChI is InChI=1S/C16H18Cl2N2O3S2/c1-3-9(2)15(21)19-16-20(14-10(17)5-4-6-11(14)18)12-7-25(22,23)8-13(12)24-16/h4-6,9,12-13H,3,7-8H2,1-2H3/t9-,12-,13-/m0/s1. The van der Waals surface area contributed by atoms with Gasteiger partial charge in [0, 0.05) is 11.2 Å². The third-order valence-electron chi connectivity index (χ3n) is 4.48. The minimum Gasteiger partial charge on any atom is -0.313 e. The Morgan fingerprint density at radius 2 is 2.00 bits per heavy atom. The van der Waals surface area contributed by atoms with Gasteiger partial charge in [0.15, 0.2) is 15.0 Å². The number of para-hydroxylation sites is 1. The topological polar surface area (TPSA) is 66.8 Å². The summed E-state index contributed by atoms with van der Waals surface area (Å²) in [5.41, 5.74) is 0.513. The maximum absolute atomic E-state index is 12.3. The number of thioether (sulfide) groups is 1. The van der Waals surface area contributed by atoms with Gasteiger partial charge in [-0.1, -0.05) is 54.9 Å². The molecule has 3 atom stereocenters. The number of nitrogens with zero attached hydrogens (tertiary/aromatic N) is 2. The molecule has 1 aromatic rings. The Labute approximate surface area is 161 Å². The van der Waals surface area contributed by atoms with Crippen LogP contribution in [-0.4, -0.2) is 42.3 Å². The molecule has 5 nitrogen and oxygen atoms in total. The van der Waals surface area contributed by atoms with Gasteiger partial charge in [-0.25, -0.2) is 8.42 Å². The van der Waals surface area contributed by atoms with Crippen LogP contribution in [0.5, 0.6) is 0 Å². The van der Waals surface area contributed by atoms with Crippen molar-refractivity contribution in [3.63, 3.8) is 0 Å². The van der Waals surface area contributed by atoms with Crippen LogP contribution in [0.2, 0.25) is 10.0 Å². The summed E-state index contributed by atoms with van der Waals surface area (Å²) < 4.78 is 24.1. The van der Waals surface area contributed by atoms with Crippen molar-refractivity contribution < 1.29 is 13.2 Å². The highest BCUT2D eigenvalue weighted by atomic mass is 35.5. The zero-order chi connectivity index (χ0) is 18.4. The van der Waals surface area contributed by atoms with E-state index >= 15 is 0 Å². The van der Waals surface area contributed by atoms with E-state index in [4.69, 9.17) is 23.2 Å². The fourth-order valence-electron chi connectivity index (χ4n) is 2.92. The number of hydrogen-bond acceptors (Lipinski definition) is 4. The molecule has 1 amide bonds. The van der Waals surface area contributed by atoms with Crippen molar-refractivity contribution in [2.75, 3.05) is 16.4 Å². The summed E-state index contributed by atoms with van der Waals surface area (Å²) in [5, 5.41) is 1.11. The van der Waals surface area contributed by atoms with Crippen molar-refractivity contribution in [1.82, 2.24) is 0 Å². The summed E-state index contributed by atoms with van der Waals surface area (Å²) >= 11 is 14.0. The predicted octanol–water partition coefficient (Wildman–Crippen LogP) is 3.64. The molecule has 0 radical (unpaired) electrons. The van der Waals surface area contributed by atoms with Crippen LogP contribution in [-0.2, 0) is 14.6 Å². The number of benzene rings is 1. The molecule has 0 aromatic heterocycles. The molecule has 2 saturated heterocycles. The third kappa shape index (κ3) is 3.70. The first-order valence-corrected chi connectivity index (χ1v) is 11.4. The third-order valence-corrected chi connectivity index (χ3v) is 8.30. The molecule has 3 rings (SSSR count). The van der Waals surface area contributed by atoms with E-state index in [9.17, 15) is 13.2 Å². The summed E-state index contributed by atoms with van der Waals surface area (Å²) in [6.45, 7) is 3.75. The molecule has 2 heterocycles. The van der Waals surface area contributed by atoms with Gasteiger partial charge in [0.2, 0.25) is 0 Å². The second-order valence-electron chi connectivity index (χ2n) is 6.28. The molecule has 0 aliphatic carbocycles. The average Bonchev–Trinajstić information content (AvgIpc) is 2.98. The van der Waals surface area contributed by atoms with Crippen LogP contribution in [0.4, 0.5) is 5.69 Å². The number of rotatable bonds is 3. The molecule has 2 aliphatic heterocycles. The lowest BCUT2D eigenvalue weighted by Crippen LogP contribution is -2.38. The van der Waals surface area contributed by atoms with Crippen molar-refractivity contribution in [3.05, 3.63) is 28.2 Å². The minimum absolute atomic E-state index is 0.00274. The second kappa shape index (κ2) is 7.10. The number of aliphatic imine (C=N–C) groups is 1. The Bertz CT molecular complexity index is 822. The first kappa shape index (κ1) is 19.0. The normalized spacial score (nSPS) is 27.5. The molecule has 0 bridgehead atoms. The van der Waals surface area contributed by atoms with E-state index in [2.05, 4.69) is 4.99 Å². The second-order valence-corrected chi connectivity index (χ2v) is 10.5. The van der Waals surface area contributed by atoms with Crippen LogP contribution in [0.1, 0.15) is 20.3 Å². The molecule has 25 heavy (non-hydrogen) atoms. The molecular formula is C16H18Cl2N2O3S2. The van der Waals surface area contributed by atoms with Gasteiger partial charge in [0.1, 0.15) is 0 Å². The summed E-state index contributed by atoms with van der Waals surface area (Å²) in [5.74, 6) is -0.345. The van der Waals surface area contributed by atoms with Crippen LogP contribution in [0.3, 0.4) is 0 Å². The number of sulfone groups is 1. The number of hydrogen-bond donors (Lipinski definition) is 0. The van der Waals surface area contributed by atoms with Crippen LogP contribution in [0, 0.1) is 5.92 Å².